The summed E-state index contributed by atoms with van der Waals surface area (Å²) >= 11 is 0. The summed E-state index contributed by atoms with van der Waals surface area (Å²) in [6.07, 6.45) is 2.03. The van der Waals surface area contributed by atoms with E-state index in [1.54, 1.807) is 0 Å². The van der Waals surface area contributed by atoms with Crippen molar-refractivity contribution in [3.05, 3.63) is 59.7 Å². The quantitative estimate of drug-likeness (QED) is 0.880. The van der Waals surface area contributed by atoms with E-state index < -0.39 is 0 Å². The van der Waals surface area contributed by atoms with Gasteiger partial charge >= 0.3 is 6.03 Å². The molecule has 1 saturated heterocycles. The predicted octanol–water partition coefficient (Wildman–Crippen LogP) is 4.76. The van der Waals surface area contributed by atoms with Gasteiger partial charge in [-0.2, -0.15) is 0 Å². The Morgan fingerprint density at radius 3 is 2.88 bits per heavy atom. The van der Waals surface area contributed by atoms with Gasteiger partial charge in [0.05, 0.1) is 18.3 Å². The van der Waals surface area contributed by atoms with Gasteiger partial charge in [-0.15, -0.1) is 0 Å². The largest absolute Gasteiger partial charge is 0.492 e. The molecule has 1 atom stereocenters. The van der Waals surface area contributed by atoms with Gasteiger partial charge in [0.25, 0.3) is 0 Å². The number of para-hydroxylation sites is 2. The van der Waals surface area contributed by atoms with Crippen molar-refractivity contribution in [1.29, 1.82) is 0 Å². The molecule has 1 aliphatic heterocycles. The van der Waals surface area contributed by atoms with Crippen LogP contribution in [0.4, 0.5) is 10.5 Å². The van der Waals surface area contributed by atoms with E-state index in [2.05, 4.69) is 36.5 Å². The van der Waals surface area contributed by atoms with Gasteiger partial charge in [0.15, 0.2) is 0 Å². The molecule has 3 rings (SSSR count). The first-order valence-electron chi connectivity index (χ1n) is 8.55. The van der Waals surface area contributed by atoms with E-state index in [1.165, 1.54) is 11.1 Å². The van der Waals surface area contributed by atoms with Crippen molar-refractivity contribution in [1.82, 2.24) is 4.90 Å². The maximum absolute atomic E-state index is 12.8. The molecule has 1 aliphatic rings. The maximum Gasteiger partial charge on any atom is 0.322 e. The van der Waals surface area contributed by atoms with E-state index in [9.17, 15) is 4.79 Å². The second kappa shape index (κ2) is 7.39. The zero-order valence-corrected chi connectivity index (χ0v) is 14.3. The van der Waals surface area contributed by atoms with Crippen LogP contribution in [0, 0.1) is 6.92 Å². The average Bonchev–Trinajstić information content (AvgIpc) is 3.07. The molecule has 2 aromatic carbocycles. The first kappa shape index (κ1) is 16.4. The van der Waals surface area contributed by atoms with Crippen LogP contribution in [0.25, 0.3) is 0 Å². The molecule has 0 unspecified atom stereocenters. The Labute approximate surface area is 143 Å². The van der Waals surface area contributed by atoms with Gasteiger partial charge in [0.2, 0.25) is 0 Å². The minimum absolute atomic E-state index is 0.0637. The average molecular weight is 324 g/mol. The molecular weight excluding hydrogens is 300 g/mol. The monoisotopic (exact) mass is 324 g/mol. The normalized spacial score (nSPS) is 16.9. The van der Waals surface area contributed by atoms with Crippen molar-refractivity contribution in [2.45, 2.75) is 32.7 Å². The van der Waals surface area contributed by atoms with Crippen molar-refractivity contribution in [2.75, 3.05) is 18.5 Å². The fraction of sp³-hybridized carbons (Fsp3) is 0.350. The van der Waals surface area contributed by atoms with Crippen LogP contribution in [0.2, 0.25) is 0 Å². The smallest absolute Gasteiger partial charge is 0.322 e. The highest BCUT2D eigenvalue weighted by Gasteiger charge is 2.30. The molecule has 0 aromatic heterocycles. The summed E-state index contributed by atoms with van der Waals surface area (Å²) in [6.45, 7) is 5.37. The molecule has 126 valence electrons. The van der Waals surface area contributed by atoms with Crippen LogP contribution in [0.15, 0.2) is 48.5 Å². The van der Waals surface area contributed by atoms with E-state index in [-0.39, 0.29) is 12.1 Å². The number of rotatable bonds is 4. The molecule has 0 radical (unpaired) electrons. The summed E-state index contributed by atoms with van der Waals surface area (Å²) in [4.78, 5) is 14.7. The summed E-state index contributed by atoms with van der Waals surface area (Å²) in [5.41, 5.74) is 3.15. The third kappa shape index (κ3) is 3.53. The van der Waals surface area contributed by atoms with Crippen LogP contribution in [0.3, 0.4) is 0 Å². The second-order valence-electron chi connectivity index (χ2n) is 6.12. The third-order valence-corrected chi connectivity index (χ3v) is 4.37. The lowest BCUT2D eigenvalue weighted by Gasteiger charge is -2.26. The van der Waals surface area contributed by atoms with Crippen molar-refractivity contribution < 1.29 is 9.53 Å². The Hall–Kier alpha value is -2.49. The van der Waals surface area contributed by atoms with Crippen LogP contribution >= 0.6 is 0 Å². The van der Waals surface area contributed by atoms with E-state index in [1.807, 2.05) is 36.1 Å². The summed E-state index contributed by atoms with van der Waals surface area (Å²) in [5, 5.41) is 3.01. The van der Waals surface area contributed by atoms with Crippen molar-refractivity contribution in [2.24, 2.45) is 0 Å². The zero-order chi connectivity index (χ0) is 16.9. The fourth-order valence-electron chi connectivity index (χ4n) is 3.27. The Morgan fingerprint density at radius 2 is 2.08 bits per heavy atom. The molecule has 2 aromatic rings. The second-order valence-corrected chi connectivity index (χ2v) is 6.12. The highest BCUT2D eigenvalue weighted by molar-refractivity contribution is 5.91. The van der Waals surface area contributed by atoms with Gasteiger partial charge in [0, 0.05) is 6.54 Å². The molecule has 4 heteroatoms. The number of amides is 2. The van der Waals surface area contributed by atoms with Crippen LogP contribution in [0.5, 0.6) is 5.75 Å². The summed E-state index contributed by atoms with van der Waals surface area (Å²) < 4.78 is 5.59. The van der Waals surface area contributed by atoms with E-state index in [0.717, 1.165) is 25.1 Å². The third-order valence-electron chi connectivity index (χ3n) is 4.37. The lowest BCUT2D eigenvalue weighted by Crippen LogP contribution is -2.34. The number of anilines is 1. The molecule has 1 fully saturated rings. The number of nitrogens with one attached hydrogen (secondary N) is 1. The van der Waals surface area contributed by atoms with Crippen LogP contribution in [-0.2, 0) is 0 Å². The molecule has 4 nitrogen and oxygen atoms in total. The number of ether oxygens (including phenoxy) is 1. The van der Waals surface area contributed by atoms with Crippen LogP contribution in [-0.4, -0.2) is 24.1 Å². The van der Waals surface area contributed by atoms with Gasteiger partial charge in [-0.3, -0.25) is 0 Å². The summed E-state index contributed by atoms with van der Waals surface area (Å²) in [6, 6.07) is 16.1. The van der Waals surface area contributed by atoms with Gasteiger partial charge in [0.1, 0.15) is 5.75 Å². The van der Waals surface area contributed by atoms with Crippen molar-refractivity contribution in [3.63, 3.8) is 0 Å². The number of carbonyl (C=O) groups is 1. The predicted molar refractivity (Wildman–Crippen MR) is 96.5 cm³/mol. The highest BCUT2D eigenvalue weighted by atomic mass is 16.5. The highest BCUT2D eigenvalue weighted by Crippen LogP contribution is 2.33. The number of likely N-dealkylation sites (tertiary alicyclic amines) is 1. The first-order valence-corrected chi connectivity index (χ1v) is 8.55. The lowest BCUT2D eigenvalue weighted by atomic mass is 10.0. The molecule has 0 saturated carbocycles. The van der Waals surface area contributed by atoms with Crippen LogP contribution in [0.1, 0.15) is 36.9 Å². The maximum atomic E-state index is 12.8. The molecule has 0 spiro atoms. The van der Waals surface area contributed by atoms with E-state index in [4.69, 9.17) is 4.74 Å². The van der Waals surface area contributed by atoms with Crippen molar-refractivity contribution in [3.8, 4) is 5.75 Å². The summed E-state index contributed by atoms with van der Waals surface area (Å²) in [7, 11) is 0. The lowest BCUT2D eigenvalue weighted by molar-refractivity contribution is 0.207. The van der Waals surface area contributed by atoms with E-state index >= 15 is 0 Å². The number of urea groups is 1. The molecule has 0 aliphatic carbocycles. The zero-order valence-electron chi connectivity index (χ0n) is 14.3. The standard InChI is InChI=1S/C20H24N2O2/c1-3-24-19-12-5-4-10-17(19)21-20(23)22-13-7-11-18(22)16-9-6-8-15(2)14-16/h4-6,8-10,12,14,18H,3,7,11,13H2,1-2H3,(H,21,23)/t18-/m0/s1. The minimum Gasteiger partial charge on any atom is -0.492 e. The van der Waals surface area contributed by atoms with Gasteiger partial charge in [-0.25, -0.2) is 4.79 Å². The van der Waals surface area contributed by atoms with Gasteiger partial charge < -0.3 is 15.0 Å². The number of nitrogens with zero attached hydrogens (tertiary/aromatic N) is 1. The Balaban J connectivity index is 1.77. The first-order chi connectivity index (χ1) is 11.7. The van der Waals surface area contributed by atoms with Gasteiger partial charge in [-0.1, -0.05) is 42.0 Å². The Kier molecular flexibility index (Phi) is 5.04. The number of aryl methyl sites for hydroxylation is 1. The summed E-state index contributed by atoms with van der Waals surface area (Å²) in [5.74, 6) is 0.708. The fourth-order valence-corrected chi connectivity index (χ4v) is 3.27. The SMILES string of the molecule is CCOc1ccccc1NC(=O)N1CCC[C@H]1c1cccc(C)c1. The molecule has 1 N–H and O–H groups in total. The topological polar surface area (TPSA) is 41.6 Å². The number of hydrogen-bond donors (Lipinski definition) is 1. The molecule has 1 heterocycles. The van der Waals surface area contributed by atoms with Crippen molar-refractivity contribution >= 4 is 11.7 Å². The number of hydrogen-bond acceptors (Lipinski definition) is 2. The number of benzene rings is 2. The molecule has 24 heavy (non-hydrogen) atoms. The Morgan fingerprint density at radius 1 is 1.25 bits per heavy atom. The van der Waals surface area contributed by atoms with Crippen LogP contribution < -0.4 is 10.1 Å². The van der Waals surface area contributed by atoms with Gasteiger partial charge in [-0.05, 0) is 44.4 Å². The molecule has 2 amide bonds. The minimum atomic E-state index is -0.0637. The molecule has 0 bridgehead atoms. The molecular formula is C20H24N2O2. The van der Waals surface area contributed by atoms with E-state index in [0.29, 0.717) is 12.4 Å². The number of carbonyl (C=O) groups excluding carboxylic acids is 1. The Bertz CT molecular complexity index is 714.